The quantitative estimate of drug-likeness (QED) is 0.844. The molecule has 0 radical (unpaired) electrons. The van der Waals surface area contributed by atoms with Gasteiger partial charge in [0.25, 0.3) is 0 Å². The minimum Gasteiger partial charge on any atom is -0.492 e. The molecule has 2 aromatic rings. The van der Waals surface area contributed by atoms with Gasteiger partial charge in [0.2, 0.25) is 5.91 Å². The second-order valence-electron chi connectivity index (χ2n) is 5.85. The maximum Gasteiger partial charge on any atom is 0.422 e. The molecule has 1 amide bonds. The second-order valence-corrected chi connectivity index (χ2v) is 6.29. The molecule has 0 aromatic heterocycles. The fourth-order valence-corrected chi connectivity index (χ4v) is 2.79. The van der Waals surface area contributed by atoms with Gasteiger partial charge in [0.15, 0.2) is 6.61 Å². The molecular formula is C18H15ClF3NO3. The van der Waals surface area contributed by atoms with Crippen LogP contribution in [0, 0.1) is 5.92 Å². The Bertz CT molecular complexity index is 811. The Morgan fingerprint density at radius 3 is 2.81 bits per heavy atom. The van der Waals surface area contributed by atoms with E-state index in [1.165, 1.54) is 18.2 Å². The van der Waals surface area contributed by atoms with E-state index < -0.39 is 18.7 Å². The van der Waals surface area contributed by atoms with Crippen LogP contribution in [0.2, 0.25) is 5.02 Å². The number of hydrogen-bond acceptors (Lipinski definition) is 3. The summed E-state index contributed by atoms with van der Waals surface area (Å²) < 4.78 is 47.5. The van der Waals surface area contributed by atoms with Crippen LogP contribution in [-0.2, 0) is 11.2 Å². The predicted octanol–water partition coefficient (Wildman–Crippen LogP) is 4.47. The smallest absolute Gasteiger partial charge is 0.422 e. The number of alkyl halides is 3. The molecule has 1 unspecified atom stereocenters. The van der Waals surface area contributed by atoms with Crippen LogP contribution in [-0.4, -0.2) is 25.3 Å². The molecule has 2 aromatic carbocycles. The van der Waals surface area contributed by atoms with Gasteiger partial charge in [-0.3, -0.25) is 4.79 Å². The van der Waals surface area contributed by atoms with Crippen molar-refractivity contribution in [2.24, 2.45) is 5.92 Å². The number of halogens is 4. The highest BCUT2D eigenvalue weighted by atomic mass is 35.5. The van der Waals surface area contributed by atoms with Crippen molar-refractivity contribution >= 4 is 23.2 Å². The summed E-state index contributed by atoms with van der Waals surface area (Å²) in [4.78, 5) is 12.5. The van der Waals surface area contributed by atoms with Crippen molar-refractivity contribution in [2.45, 2.75) is 12.6 Å². The van der Waals surface area contributed by atoms with Gasteiger partial charge >= 0.3 is 6.18 Å². The molecule has 1 aliphatic heterocycles. The highest BCUT2D eigenvalue weighted by Crippen LogP contribution is 2.32. The maximum atomic E-state index is 12.5. The van der Waals surface area contributed by atoms with Crippen LogP contribution in [0.5, 0.6) is 11.5 Å². The Morgan fingerprint density at radius 2 is 2.04 bits per heavy atom. The van der Waals surface area contributed by atoms with Crippen molar-refractivity contribution in [1.82, 2.24) is 0 Å². The van der Waals surface area contributed by atoms with Crippen molar-refractivity contribution < 1.29 is 27.4 Å². The molecule has 0 fully saturated rings. The molecule has 0 saturated heterocycles. The first-order chi connectivity index (χ1) is 12.3. The van der Waals surface area contributed by atoms with E-state index >= 15 is 0 Å². The number of rotatable bonds is 4. The van der Waals surface area contributed by atoms with Crippen LogP contribution < -0.4 is 14.8 Å². The summed E-state index contributed by atoms with van der Waals surface area (Å²) in [7, 11) is 0. The largest absolute Gasteiger partial charge is 0.492 e. The highest BCUT2D eigenvalue weighted by molar-refractivity contribution is 6.31. The van der Waals surface area contributed by atoms with Crippen LogP contribution in [0.15, 0.2) is 42.5 Å². The standard InChI is InChI=1S/C18H15ClF3NO3/c19-13-5-6-16(26-10-18(20,21)22)14(8-13)23-17(24)12-7-11-3-1-2-4-15(11)25-9-12/h1-6,8,12H,7,9-10H2,(H,23,24). The molecule has 0 saturated carbocycles. The van der Waals surface area contributed by atoms with Gasteiger partial charge in [0, 0.05) is 5.02 Å². The van der Waals surface area contributed by atoms with Crippen molar-refractivity contribution in [3.63, 3.8) is 0 Å². The third-order valence-corrected chi connectivity index (χ3v) is 4.08. The lowest BCUT2D eigenvalue weighted by atomic mass is 9.96. The molecule has 3 rings (SSSR count). The SMILES string of the molecule is O=C(Nc1cc(Cl)ccc1OCC(F)(F)F)C1COc2ccccc2C1. The molecular weight excluding hydrogens is 371 g/mol. The van der Waals surface area contributed by atoms with Crippen LogP contribution in [0.3, 0.4) is 0 Å². The van der Waals surface area contributed by atoms with E-state index in [-0.39, 0.29) is 29.0 Å². The van der Waals surface area contributed by atoms with Gasteiger partial charge in [-0.1, -0.05) is 29.8 Å². The van der Waals surface area contributed by atoms with Gasteiger partial charge in [-0.2, -0.15) is 13.2 Å². The summed E-state index contributed by atoms with van der Waals surface area (Å²) in [6.45, 7) is -1.28. The molecule has 0 bridgehead atoms. The lowest BCUT2D eigenvalue weighted by Crippen LogP contribution is -2.32. The molecule has 1 atom stereocenters. The van der Waals surface area contributed by atoms with Gasteiger partial charge in [-0.25, -0.2) is 0 Å². The van der Waals surface area contributed by atoms with Gasteiger partial charge in [-0.05, 0) is 36.2 Å². The van der Waals surface area contributed by atoms with E-state index in [1.807, 2.05) is 24.3 Å². The zero-order valence-corrected chi connectivity index (χ0v) is 14.2. The minimum absolute atomic E-state index is 0.0885. The molecule has 26 heavy (non-hydrogen) atoms. The fourth-order valence-electron chi connectivity index (χ4n) is 2.62. The average Bonchev–Trinajstić information content (AvgIpc) is 2.60. The number of nitrogens with one attached hydrogen (secondary N) is 1. The first-order valence-corrected chi connectivity index (χ1v) is 8.20. The van der Waals surface area contributed by atoms with Crippen LogP contribution in [0.25, 0.3) is 0 Å². The summed E-state index contributed by atoms with van der Waals surface area (Å²) in [5, 5.41) is 2.86. The number of hydrogen-bond donors (Lipinski definition) is 1. The number of ether oxygens (including phenoxy) is 2. The molecule has 1 aliphatic rings. The summed E-state index contributed by atoms with van der Waals surface area (Å²) in [6.07, 6.45) is -4.01. The van der Waals surface area contributed by atoms with Crippen molar-refractivity contribution in [3.8, 4) is 11.5 Å². The topological polar surface area (TPSA) is 47.6 Å². The van der Waals surface area contributed by atoms with E-state index in [0.29, 0.717) is 6.42 Å². The Labute approximate surface area is 152 Å². The van der Waals surface area contributed by atoms with E-state index in [4.69, 9.17) is 21.1 Å². The van der Waals surface area contributed by atoms with Crippen molar-refractivity contribution in [3.05, 3.63) is 53.1 Å². The molecule has 4 nitrogen and oxygen atoms in total. The number of anilines is 1. The molecule has 138 valence electrons. The normalized spacial score (nSPS) is 16.4. The molecule has 0 spiro atoms. The number of carbonyl (C=O) groups is 1. The Morgan fingerprint density at radius 1 is 1.27 bits per heavy atom. The number of fused-ring (bicyclic) bond motifs is 1. The van der Waals surface area contributed by atoms with Crippen LogP contribution in [0.1, 0.15) is 5.56 Å². The summed E-state index contributed by atoms with van der Waals surface area (Å²) in [5.74, 6) is -0.219. The highest BCUT2D eigenvalue weighted by Gasteiger charge is 2.30. The predicted molar refractivity (Wildman–Crippen MR) is 90.8 cm³/mol. The van der Waals surface area contributed by atoms with Crippen molar-refractivity contribution in [2.75, 3.05) is 18.5 Å². The minimum atomic E-state index is -4.48. The summed E-state index contributed by atoms with van der Waals surface area (Å²) in [6, 6.07) is 11.4. The first kappa shape index (κ1) is 18.4. The Hall–Kier alpha value is -2.41. The number of amides is 1. The number of carbonyl (C=O) groups excluding carboxylic acids is 1. The average molecular weight is 386 g/mol. The van der Waals surface area contributed by atoms with Gasteiger partial charge in [-0.15, -0.1) is 0 Å². The second kappa shape index (κ2) is 7.45. The molecule has 1 N–H and O–H groups in total. The van der Waals surface area contributed by atoms with Gasteiger partial charge in [0.05, 0.1) is 11.6 Å². The van der Waals surface area contributed by atoms with Gasteiger partial charge in [0.1, 0.15) is 18.1 Å². The third kappa shape index (κ3) is 4.60. The number of para-hydroxylation sites is 1. The molecule has 0 aliphatic carbocycles. The van der Waals surface area contributed by atoms with E-state index in [9.17, 15) is 18.0 Å². The first-order valence-electron chi connectivity index (χ1n) is 7.82. The van der Waals surface area contributed by atoms with E-state index in [2.05, 4.69) is 5.32 Å². The zero-order chi connectivity index (χ0) is 18.7. The Balaban J connectivity index is 1.72. The number of benzene rings is 2. The van der Waals surface area contributed by atoms with Crippen LogP contribution >= 0.6 is 11.6 Å². The summed E-state index contributed by atoms with van der Waals surface area (Å²) in [5.41, 5.74) is 0.990. The zero-order valence-electron chi connectivity index (χ0n) is 13.5. The molecule has 8 heteroatoms. The van der Waals surface area contributed by atoms with Crippen LogP contribution in [0.4, 0.5) is 18.9 Å². The fraction of sp³-hybridized carbons (Fsp3) is 0.278. The molecule has 1 heterocycles. The van der Waals surface area contributed by atoms with E-state index in [1.54, 1.807) is 0 Å². The Kier molecular flexibility index (Phi) is 5.27. The third-order valence-electron chi connectivity index (χ3n) is 3.84. The maximum absolute atomic E-state index is 12.5. The summed E-state index contributed by atoms with van der Waals surface area (Å²) >= 11 is 5.89. The van der Waals surface area contributed by atoms with Gasteiger partial charge < -0.3 is 14.8 Å². The van der Waals surface area contributed by atoms with Crippen molar-refractivity contribution in [1.29, 1.82) is 0 Å². The lowest BCUT2D eigenvalue weighted by molar-refractivity contribution is -0.153. The monoisotopic (exact) mass is 385 g/mol. The van der Waals surface area contributed by atoms with E-state index in [0.717, 1.165) is 11.3 Å². The lowest BCUT2D eigenvalue weighted by Gasteiger charge is -2.25.